The van der Waals surface area contributed by atoms with E-state index < -0.39 is 12.1 Å². The Kier molecular flexibility index (Phi) is 3.92. The van der Waals surface area contributed by atoms with E-state index in [1.807, 2.05) is 6.92 Å². The molecule has 0 bridgehead atoms. The summed E-state index contributed by atoms with van der Waals surface area (Å²) in [5.74, 6) is -0.425. The van der Waals surface area contributed by atoms with Crippen LogP contribution in [0, 0.1) is 0 Å². The lowest BCUT2D eigenvalue weighted by molar-refractivity contribution is 0.0606. The Hall–Kier alpha value is -0.580. The molecule has 3 nitrogen and oxygen atoms in total. The molecule has 0 amide bonds. The van der Waals surface area contributed by atoms with E-state index in [4.69, 9.17) is 11.6 Å². The van der Waals surface area contributed by atoms with Crippen LogP contribution < -0.4 is 0 Å². The number of aliphatic hydroxyl groups excluding tert-OH is 1. The third-order valence-corrected chi connectivity index (χ3v) is 3.43. The van der Waals surface area contributed by atoms with Crippen LogP contribution in [0.2, 0.25) is 5.02 Å². The zero-order valence-corrected chi connectivity index (χ0v) is 9.48. The molecule has 0 aliphatic rings. The third kappa shape index (κ3) is 2.26. The number of aliphatic hydroxyl groups is 1. The molecule has 0 saturated carbocycles. The van der Waals surface area contributed by atoms with Gasteiger partial charge in [-0.05, 0) is 12.5 Å². The Morgan fingerprint density at radius 2 is 2.43 bits per heavy atom. The molecule has 1 rings (SSSR count). The van der Waals surface area contributed by atoms with Gasteiger partial charge in [-0.25, -0.2) is 4.79 Å². The predicted octanol–water partition coefficient (Wildman–Crippen LogP) is 2.63. The number of hydrogen-bond donors (Lipinski definition) is 1. The Bertz CT molecular complexity index is 335. The summed E-state index contributed by atoms with van der Waals surface area (Å²) in [6.07, 6.45) is -0.0354. The number of rotatable bonds is 3. The molecule has 0 radical (unpaired) electrons. The molecule has 1 N–H and O–H groups in total. The molecule has 0 aliphatic heterocycles. The molecule has 1 aromatic rings. The molecule has 1 atom stereocenters. The van der Waals surface area contributed by atoms with Gasteiger partial charge in [-0.3, -0.25) is 0 Å². The first kappa shape index (κ1) is 11.5. The van der Waals surface area contributed by atoms with E-state index in [9.17, 15) is 9.90 Å². The number of methoxy groups -OCH3 is 1. The fraction of sp³-hybridized carbons (Fsp3) is 0.444. The van der Waals surface area contributed by atoms with Crippen LogP contribution in [0.25, 0.3) is 0 Å². The quantitative estimate of drug-likeness (QED) is 0.818. The van der Waals surface area contributed by atoms with Gasteiger partial charge in [-0.15, -0.1) is 11.3 Å². The van der Waals surface area contributed by atoms with Gasteiger partial charge in [0.25, 0.3) is 0 Å². The van der Waals surface area contributed by atoms with Gasteiger partial charge in [-0.2, -0.15) is 0 Å². The van der Waals surface area contributed by atoms with Crippen molar-refractivity contribution in [3.63, 3.8) is 0 Å². The van der Waals surface area contributed by atoms with E-state index >= 15 is 0 Å². The van der Waals surface area contributed by atoms with Crippen LogP contribution in [0.3, 0.4) is 0 Å². The summed E-state index contributed by atoms with van der Waals surface area (Å²) in [5, 5.41) is 9.97. The molecule has 14 heavy (non-hydrogen) atoms. The number of thiophene rings is 1. The summed E-state index contributed by atoms with van der Waals surface area (Å²) in [7, 11) is 1.31. The maximum atomic E-state index is 11.1. The minimum absolute atomic E-state index is 0.417. The summed E-state index contributed by atoms with van der Waals surface area (Å²) >= 11 is 7.03. The van der Waals surface area contributed by atoms with Gasteiger partial charge in [0.15, 0.2) is 0 Å². The van der Waals surface area contributed by atoms with Gasteiger partial charge >= 0.3 is 5.97 Å². The highest BCUT2D eigenvalue weighted by Crippen LogP contribution is 2.33. The first-order valence-corrected chi connectivity index (χ1v) is 5.35. The zero-order valence-electron chi connectivity index (χ0n) is 7.91. The Labute approximate surface area is 91.3 Å². The maximum absolute atomic E-state index is 11.1. The van der Waals surface area contributed by atoms with Crippen LogP contribution in [-0.2, 0) is 4.74 Å². The lowest BCUT2D eigenvalue weighted by Gasteiger charge is -2.03. The topological polar surface area (TPSA) is 46.5 Å². The molecule has 78 valence electrons. The van der Waals surface area contributed by atoms with Crippen LogP contribution in [-0.4, -0.2) is 18.2 Å². The van der Waals surface area contributed by atoms with E-state index in [1.165, 1.54) is 24.5 Å². The van der Waals surface area contributed by atoms with Gasteiger partial charge in [0.2, 0.25) is 0 Å². The van der Waals surface area contributed by atoms with Crippen LogP contribution >= 0.6 is 22.9 Å². The minimum Gasteiger partial charge on any atom is -0.465 e. The van der Waals surface area contributed by atoms with Crippen LogP contribution in [0.4, 0.5) is 0 Å². The third-order valence-electron chi connectivity index (χ3n) is 1.79. The maximum Gasteiger partial charge on any atom is 0.348 e. The Balaban J connectivity index is 2.98. The Morgan fingerprint density at radius 3 is 2.93 bits per heavy atom. The zero-order chi connectivity index (χ0) is 10.7. The van der Waals surface area contributed by atoms with Gasteiger partial charge in [0, 0.05) is 0 Å². The van der Waals surface area contributed by atoms with E-state index in [0.29, 0.717) is 21.2 Å². The van der Waals surface area contributed by atoms with E-state index in [0.717, 1.165) is 0 Å². The Morgan fingerprint density at radius 1 is 1.79 bits per heavy atom. The van der Waals surface area contributed by atoms with Crippen molar-refractivity contribution in [2.75, 3.05) is 7.11 Å². The molecule has 0 aliphatic carbocycles. The standard InChI is InChI=1S/C9H11ClO3S/c1-3-6(11)8-5(10)4-7(14-8)9(12)13-2/h4,6,11H,3H2,1-2H3. The molecular formula is C9H11ClO3S. The van der Waals surface area contributed by atoms with Gasteiger partial charge in [0.1, 0.15) is 4.88 Å². The number of hydrogen-bond acceptors (Lipinski definition) is 4. The normalized spacial score (nSPS) is 12.6. The van der Waals surface area contributed by atoms with Crippen LogP contribution in [0.5, 0.6) is 0 Å². The highest BCUT2D eigenvalue weighted by atomic mass is 35.5. The second kappa shape index (κ2) is 4.77. The van der Waals surface area contributed by atoms with E-state index in [1.54, 1.807) is 0 Å². The fourth-order valence-corrected chi connectivity index (χ4v) is 2.45. The monoisotopic (exact) mass is 234 g/mol. The molecule has 0 aromatic carbocycles. The second-order valence-corrected chi connectivity index (χ2v) is 4.23. The SMILES string of the molecule is CCC(O)c1sc(C(=O)OC)cc1Cl. The number of ether oxygens (including phenoxy) is 1. The van der Waals surface area contributed by atoms with Crippen molar-refractivity contribution in [1.29, 1.82) is 0 Å². The summed E-state index contributed by atoms with van der Waals surface area (Å²) in [6, 6.07) is 1.52. The van der Waals surface area contributed by atoms with Gasteiger partial charge < -0.3 is 9.84 Å². The summed E-state index contributed by atoms with van der Waals surface area (Å²) in [4.78, 5) is 12.2. The number of carbonyl (C=O) groups excluding carboxylic acids is 1. The highest BCUT2D eigenvalue weighted by molar-refractivity contribution is 7.14. The largest absolute Gasteiger partial charge is 0.465 e. The van der Waals surface area contributed by atoms with Crippen molar-refractivity contribution in [1.82, 2.24) is 0 Å². The molecule has 5 heteroatoms. The molecule has 1 aromatic heterocycles. The van der Waals surface area contributed by atoms with Crippen molar-refractivity contribution < 1.29 is 14.6 Å². The molecule has 0 spiro atoms. The number of carbonyl (C=O) groups is 1. The van der Waals surface area contributed by atoms with Crippen molar-refractivity contribution in [3.8, 4) is 0 Å². The van der Waals surface area contributed by atoms with Gasteiger partial charge in [-0.1, -0.05) is 18.5 Å². The lowest BCUT2D eigenvalue weighted by Crippen LogP contribution is -1.97. The number of halogens is 1. The number of esters is 1. The molecular weight excluding hydrogens is 224 g/mol. The van der Waals surface area contributed by atoms with E-state index in [-0.39, 0.29) is 0 Å². The first-order valence-electron chi connectivity index (χ1n) is 4.15. The van der Waals surface area contributed by atoms with Crippen LogP contribution in [0.15, 0.2) is 6.07 Å². The van der Waals surface area contributed by atoms with Crippen molar-refractivity contribution in [2.24, 2.45) is 0 Å². The fourth-order valence-electron chi connectivity index (χ4n) is 0.997. The van der Waals surface area contributed by atoms with Crippen molar-refractivity contribution in [2.45, 2.75) is 19.4 Å². The summed E-state index contributed by atoms with van der Waals surface area (Å²) < 4.78 is 4.55. The average molecular weight is 235 g/mol. The van der Waals surface area contributed by atoms with Crippen molar-refractivity contribution in [3.05, 3.63) is 20.8 Å². The van der Waals surface area contributed by atoms with E-state index in [2.05, 4.69) is 4.74 Å². The molecule has 1 heterocycles. The first-order chi connectivity index (χ1) is 6.60. The summed E-state index contributed by atoms with van der Waals surface area (Å²) in [5.41, 5.74) is 0. The van der Waals surface area contributed by atoms with Gasteiger partial charge in [0.05, 0.1) is 23.1 Å². The summed E-state index contributed by atoms with van der Waals surface area (Å²) in [6.45, 7) is 1.85. The molecule has 1 unspecified atom stereocenters. The minimum atomic E-state index is -0.606. The highest BCUT2D eigenvalue weighted by Gasteiger charge is 2.17. The molecule has 0 fully saturated rings. The lowest BCUT2D eigenvalue weighted by atomic mass is 10.2. The van der Waals surface area contributed by atoms with Crippen LogP contribution in [0.1, 0.15) is 34.0 Å². The molecule has 0 saturated heterocycles. The smallest absolute Gasteiger partial charge is 0.348 e. The second-order valence-electron chi connectivity index (χ2n) is 2.74. The van der Waals surface area contributed by atoms with Crippen molar-refractivity contribution >= 4 is 28.9 Å². The predicted molar refractivity (Wildman–Crippen MR) is 55.9 cm³/mol. The average Bonchev–Trinajstić information content (AvgIpc) is 2.58.